The molecule has 1 spiro atoms. The summed E-state index contributed by atoms with van der Waals surface area (Å²) in [4.78, 5) is 114. The van der Waals surface area contributed by atoms with Crippen molar-refractivity contribution >= 4 is 47.8 Å². The van der Waals surface area contributed by atoms with Crippen molar-refractivity contribution in [3.05, 3.63) is 65.5 Å². The summed E-state index contributed by atoms with van der Waals surface area (Å²) in [6.07, 6.45) is -10.8. The van der Waals surface area contributed by atoms with Crippen LogP contribution in [0.3, 0.4) is 0 Å². The van der Waals surface area contributed by atoms with E-state index in [1.54, 1.807) is 13.0 Å². The van der Waals surface area contributed by atoms with Crippen LogP contribution < -0.4 is 0 Å². The molecule has 19 nitrogen and oxygen atoms in total. The minimum Gasteiger partial charge on any atom is -0.465 e. The summed E-state index contributed by atoms with van der Waals surface area (Å²) >= 11 is 0. The number of nitrogens with zero attached hydrogens (tertiary/aromatic N) is 1. The van der Waals surface area contributed by atoms with Crippen molar-refractivity contribution in [2.24, 2.45) is 17.3 Å². The van der Waals surface area contributed by atoms with Gasteiger partial charge in [0, 0.05) is 46.7 Å². The Bertz CT molecular complexity index is 2160. The van der Waals surface area contributed by atoms with E-state index in [1.807, 2.05) is 0 Å². The molecule has 4 aliphatic rings. The molecule has 1 unspecified atom stereocenters. The molecule has 4 bridgehead atoms. The SMILES string of the molecule is CC(=O)OC[C@]12[C@H](OC(C)=O)[C@H](OC(C)=O)[C@@H]3[C@@H](OC(=O)c4ccccc4)[C@@]14O[C@@]3(C)COC(=O)c1cccnc1[C@@H](C)[C@H](C)C(=O)O[C@@H]([C@H](OC(C)=O)[C@@H]2OC(C)=O)C4(C)O. The zero-order chi connectivity index (χ0) is 45.7. The first-order valence-electron chi connectivity index (χ1n) is 19.9. The van der Waals surface area contributed by atoms with E-state index >= 15 is 0 Å². The molecule has 6 rings (SSSR count). The highest BCUT2D eigenvalue weighted by Gasteiger charge is 2.92. The zero-order valence-electron chi connectivity index (χ0n) is 35.6. The fourth-order valence-corrected chi connectivity index (χ4v) is 9.83. The van der Waals surface area contributed by atoms with Gasteiger partial charge in [-0.25, -0.2) is 9.59 Å². The summed E-state index contributed by atoms with van der Waals surface area (Å²) in [6, 6.07) is 10.4. The van der Waals surface area contributed by atoms with Crippen LogP contribution in [0.2, 0.25) is 0 Å². The lowest BCUT2D eigenvalue weighted by Gasteiger charge is -2.67. The lowest BCUT2D eigenvalue weighted by Crippen LogP contribution is -2.89. The van der Waals surface area contributed by atoms with Crippen LogP contribution in [0, 0.1) is 17.3 Å². The van der Waals surface area contributed by atoms with Gasteiger partial charge in [0.25, 0.3) is 0 Å². The molecule has 3 heterocycles. The van der Waals surface area contributed by atoms with E-state index in [2.05, 4.69) is 4.98 Å². The van der Waals surface area contributed by atoms with Crippen molar-refractivity contribution in [3.8, 4) is 0 Å². The van der Waals surface area contributed by atoms with Gasteiger partial charge in [0.1, 0.15) is 42.0 Å². The molecule has 2 aliphatic heterocycles. The van der Waals surface area contributed by atoms with Crippen molar-refractivity contribution in [1.29, 1.82) is 0 Å². The first-order valence-corrected chi connectivity index (χ1v) is 19.9. The second kappa shape index (κ2) is 16.7. The van der Waals surface area contributed by atoms with Gasteiger partial charge in [0.05, 0.1) is 28.7 Å². The molecular formula is C43H49NO18. The Morgan fingerprint density at radius 2 is 1.32 bits per heavy atom. The van der Waals surface area contributed by atoms with Crippen LogP contribution in [0.15, 0.2) is 48.7 Å². The number of hydrogen-bond acceptors (Lipinski definition) is 19. The van der Waals surface area contributed by atoms with Gasteiger partial charge in [-0.1, -0.05) is 32.0 Å². The van der Waals surface area contributed by atoms with E-state index in [-0.39, 0.29) is 16.8 Å². The maximum Gasteiger partial charge on any atom is 0.340 e. The maximum atomic E-state index is 14.5. The number of hydrogen-bond donors (Lipinski definition) is 1. The summed E-state index contributed by atoms with van der Waals surface area (Å²) in [5.74, 6) is -11.9. The predicted molar refractivity (Wildman–Crippen MR) is 205 cm³/mol. The fourth-order valence-electron chi connectivity index (χ4n) is 9.83. The number of aliphatic hydroxyl groups is 1. The monoisotopic (exact) mass is 867 g/mol. The third-order valence-corrected chi connectivity index (χ3v) is 12.4. The highest BCUT2D eigenvalue weighted by atomic mass is 16.7. The van der Waals surface area contributed by atoms with E-state index in [1.165, 1.54) is 56.4 Å². The van der Waals surface area contributed by atoms with E-state index in [4.69, 9.17) is 42.6 Å². The Labute approximate surface area is 355 Å². The van der Waals surface area contributed by atoms with Crippen LogP contribution in [0.4, 0.5) is 0 Å². The molecule has 1 N–H and O–H groups in total. The number of carbonyl (C=O) groups excluding carboxylic acids is 8. The van der Waals surface area contributed by atoms with Crippen LogP contribution in [0.1, 0.15) is 94.6 Å². The lowest BCUT2D eigenvalue weighted by atomic mass is 9.45. The van der Waals surface area contributed by atoms with Crippen molar-refractivity contribution < 1.29 is 86.1 Å². The van der Waals surface area contributed by atoms with Gasteiger partial charge >= 0.3 is 47.8 Å². The molecule has 1 saturated heterocycles. The highest BCUT2D eigenvalue weighted by Crippen LogP contribution is 2.70. The third kappa shape index (κ3) is 7.43. The van der Waals surface area contributed by atoms with Crippen LogP contribution in [0.25, 0.3) is 0 Å². The molecule has 3 fully saturated rings. The van der Waals surface area contributed by atoms with Gasteiger partial charge in [-0.2, -0.15) is 0 Å². The number of benzene rings is 1. The molecule has 2 saturated carbocycles. The smallest absolute Gasteiger partial charge is 0.340 e. The van der Waals surface area contributed by atoms with Gasteiger partial charge in [-0.3, -0.25) is 33.8 Å². The second-order valence-electron chi connectivity index (χ2n) is 16.5. The number of ether oxygens (including phenoxy) is 9. The van der Waals surface area contributed by atoms with Gasteiger partial charge < -0.3 is 47.7 Å². The molecule has 0 amide bonds. The summed E-state index contributed by atoms with van der Waals surface area (Å²) in [5, 5.41) is 13.7. The third-order valence-electron chi connectivity index (χ3n) is 12.4. The molecule has 2 aliphatic carbocycles. The molecule has 1 aromatic heterocycles. The summed E-state index contributed by atoms with van der Waals surface area (Å²) in [6.45, 7) is 8.64. The molecular weight excluding hydrogens is 818 g/mol. The van der Waals surface area contributed by atoms with E-state index < -0.39 is 138 Å². The van der Waals surface area contributed by atoms with Gasteiger partial charge in [-0.15, -0.1) is 0 Å². The Kier molecular flexibility index (Phi) is 12.3. The fraction of sp³-hybridized carbons (Fsp3) is 0.558. The second-order valence-corrected chi connectivity index (χ2v) is 16.5. The first kappa shape index (κ1) is 45.6. The Balaban J connectivity index is 1.81. The largest absolute Gasteiger partial charge is 0.465 e. The molecule has 62 heavy (non-hydrogen) atoms. The normalized spacial score (nSPS) is 36.0. The summed E-state index contributed by atoms with van der Waals surface area (Å²) < 4.78 is 55.4. The number of esters is 8. The van der Waals surface area contributed by atoms with Crippen LogP contribution in [-0.4, -0.2) is 124 Å². The molecule has 19 heteroatoms. The van der Waals surface area contributed by atoms with Gasteiger partial charge in [0.2, 0.25) is 0 Å². The number of aromatic nitrogens is 1. The number of cyclic esters (lactones) is 1. The quantitative estimate of drug-likeness (QED) is 0.295. The molecule has 13 atom stereocenters. The predicted octanol–water partition coefficient (Wildman–Crippen LogP) is 2.33. The maximum absolute atomic E-state index is 14.5. The minimum absolute atomic E-state index is 0.0290. The van der Waals surface area contributed by atoms with Crippen LogP contribution in [-0.2, 0) is 71.4 Å². The lowest BCUT2D eigenvalue weighted by molar-refractivity contribution is -0.386. The van der Waals surface area contributed by atoms with E-state index in [0.29, 0.717) is 0 Å². The zero-order valence-corrected chi connectivity index (χ0v) is 35.6. The topological polar surface area (TPSA) is 253 Å². The summed E-state index contributed by atoms with van der Waals surface area (Å²) in [5.41, 5.74) is -10.4. The van der Waals surface area contributed by atoms with E-state index in [0.717, 1.165) is 41.5 Å². The van der Waals surface area contributed by atoms with Gasteiger partial charge in [0.15, 0.2) is 30.0 Å². The average Bonchev–Trinajstić information content (AvgIpc) is 3.42. The summed E-state index contributed by atoms with van der Waals surface area (Å²) in [7, 11) is 0. The van der Waals surface area contributed by atoms with Crippen LogP contribution >= 0.6 is 0 Å². The van der Waals surface area contributed by atoms with Crippen molar-refractivity contribution in [3.63, 3.8) is 0 Å². The molecule has 1 aromatic carbocycles. The Morgan fingerprint density at radius 3 is 1.90 bits per heavy atom. The van der Waals surface area contributed by atoms with E-state index in [9.17, 15) is 43.5 Å². The molecule has 0 radical (unpaired) electrons. The van der Waals surface area contributed by atoms with Gasteiger partial charge in [-0.05, 0) is 38.1 Å². The number of pyridine rings is 1. The first-order chi connectivity index (χ1) is 29.0. The standard InChI is InChI=1S/C43H49NO18/c1-20-21(2)37(50)61-34-32(57-24(5)47)36(59-26(7)49)42(19-54-22(3)45)35(58-25(6)48)31(56-23(4)46)29-33(60-38(51)27-14-11-10-12-15-27)43(42,41(34,9)53)62-40(29,8)18-55-39(52)28-16-13-17-44-30(20)28/h10-17,20-21,29,31-36,53H,18-19H2,1-9H3/t20-,21-,29+,31+,32-,33+,34-,35+,36-,40-,41?,42+,43-/m0/s1. The Morgan fingerprint density at radius 1 is 0.742 bits per heavy atom. The molecule has 2 aromatic rings. The van der Waals surface area contributed by atoms with Crippen LogP contribution in [0.5, 0.6) is 0 Å². The Hall–Kier alpha value is -5.95. The average molecular weight is 868 g/mol. The van der Waals surface area contributed by atoms with Crippen molar-refractivity contribution in [1.82, 2.24) is 4.98 Å². The van der Waals surface area contributed by atoms with Crippen molar-refractivity contribution in [2.75, 3.05) is 13.2 Å². The number of rotatable bonds is 8. The van der Waals surface area contributed by atoms with Crippen molar-refractivity contribution in [2.45, 2.75) is 122 Å². The highest BCUT2D eigenvalue weighted by molar-refractivity contribution is 5.91. The molecule has 334 valence electrons. The minimum atomic E-state index is -2.87. The number of fused-ring (bicyclic) bond motifs is 5. The number of carbonyl (C=O) groups is 8.